The molecule has 1 aromatic heterocycles. The van der Waals surface area contributed by atoms with Crippen LogP contribution in [0.3, 0.4) is 0 Å². The third-order valence-corrected chi connectivity index (χ3v) is 3.42. The zero-order valence-electron chi connectivity index (χ0n) is 10.7. The van der Waals surface area contributed by atoms with E-state index in [0.717, 1.165) is 45.9 Å². The number of furan rings is 1. The highest BCUT2D eigenvalue weighted by molar-refractivity contribution is 6.07. The minimum atomic E-state index is 0.190. The Labute approximate surface area is 112 Å². The van der Waals surface area contributed by atoms with Crippen LogP contribution < -0.4 is 0 Å². The molecule has 0 aliphatic carbocycles. The first-order chi connectivity index (χ1) is 9.31. The summed E-state index contributed by atoms with van der Waals surface area (Å²) >= 11 is 0. The molecule has 0 bridgehead atoms. The summed E-state index contributed by atoms with van der Waals surface area (Å²) in [7, 11) is 0. The normalized spacial score (nSPS) is 11.2. The second-order valence-corrected chi connectivity index (χ2v) is 4.71. The maximum Gasteiger partial charge on any atom is 0.142 e. The van der Waals surface area contributed by atoms with Crippen molar-refractivity contribution in [2.75, 3.05) is 6.61 Å². The fourth-order valence-electron chi connectivity index (χ4n) is 2.45. The first kappa shape index (κ1) is 12.0. The van der Waals surface area contributed by atoms with Gasteiger partial charge in [-0.15, -0.1) is 0 Å². The maximum atomic E-state index is 8.93. The van der Waals surface area contributed by atoms with Crippen molar-refractivity contribution in [3.63, 3.8) is 0 Å². The lowest BCUT2D eigenvalue weighted by atomic mass is 10.0. The fourth-order valence-corrected chi connectivity index (χ4v) is 2.45. The Bertz CT molecular complexity index is 737. The number of rotatable bonds is 4. The summed E-state index contributed by atoms with van der Waals surface area (Å²) in [6.07, 6.45) is 1.52. The summed E-state index contributed by atoms with van der Waals surface area (Å²) < 4.78 is 5.96. The Morgan fingerprint density at radius 3 is 2.68 bits per heavy atom. The lowest BCUT2D eigenvalue weighted by Crippen LogP contribution is -1.87. The Morgan fingerprint density at radius 2 is 1.84 bits per heavy atom. The summed E-state index contributed by atoms with van der Waals surface area (Å²) in [5.41, 5.74) is 3.85. The van der Waals surface area contributed by atoms with Crippen LogP contribution >= 0.6 is 0 Å². The standard InChI is InChI=1S/C17H16O2/c1-12(6-5-11-18)13-8-4-9-15-14-7-2-3-10-16(14)19-17(13)15/h2-4,7-10,18H,1,5-6,11H2. The molecule has 2 aromatic carbocycles. The quantitative estimate of drug-likeness (QED) is 0.748. The summed E-state index contributed by atoms with van der Waals surface area (Å²) in [4.78, 5) is 0. The van der Waals surface area contributed by atoms with Gasteiger partial charge in [0.05, 0.1) is 0 Å². The van der Waals surface area contributed by atoms with Crippen molar-refractivity contribution < 1.29 is 9.52 Å². The summed E-state index contributed by atoms with van der Waals surface area (Å²) in [6, 6.07) is 14.2. The van der Waals surface area contributed by atoms with Gasteiger partial charge in [-0.1, -0.05) is 43.0 Å². The van der Waals surface area contributed by atoms with Crippen LogP contribution in [-0.4, -0.2) is 11.7 Å². The van der Waals surface area contributed by atoms with Gasteiger partial charge in [0, 0.05) is 22.9 Å². The fraction of sp³-hybridized carbons (Fsp3) is 0.176. The highest BCUT2D eigenvalue weighted by atomic mass is 16.3. The molecule has 0 unspecified atom stereocenters. The van der Waals surface area contributed by atoms with Crippen LogP contribution in [0, 0.1) is 0 Å². The molecule has 0 aliphatic heterocycles. The number of benzene rings is 2. The van der Waals surface area contributed by atoms with Crippen LogP contribution in [0.25, 0.3) is 27.5 Å². The molecule has 0 spiro atoms. The number of fused-ring (bicyclic) bond motifs is 3. The van der Waals surface area contributed by atoms with E-state index < -0.39 is 0 Å². The lowest BCUT2D eigenvalue weighted by molar-refractivity contribution is 0.290. The maximum absolute atomic E-state index is 8.93. The van der Waals surface area contributed by atoms with Crippen molar-refractivity contribution in [2.24, 2.45) is 0 Å². The van der Waals surface area contributed by atoms with Crippen molar-refractivity contribution in [2.45, 2.75) is 12.8 Å². The third kappa shape index (κ3) is 2.04. The van der Waals surface area contributed by atoms with E-state index in [1.165, 1.54) is 0 Å². The molecular weight excluding hydrogens is 236 g/mol. The molecule has 96 valence electrons. The molecule has 3 aromatic rings. The first-order valence-electron chi connectivity index (χ1n) is 6.50. The number of para-hydroxylation sites is 2. The van der Waals surface area contributed by atoms with Gasteiger partial charge in [0.2, 0.25) is 0 Å². The van der Waals surface area contributed by atoms with Gasteiger partial charge in [-0.05, 0) is 24.5 Å². The molecule has 0 saturated carbocycles. The van der Waals surface area contributed by atoms with Gasteiger partial charge in [-0.3, -0.25) is 0 Å². The molecule has 1 N–H and O–H groups in total. The van der Waals surface area contributed by atoms with Crippen LogP contribution in [0.2, 0.25) is 0 Å². The Balaban J connectivity index is 2.18. The Hall–Kier alpha value is -2.06. The molecule has 0 radical (unpaired) electrons. The van der Waals surface area contributed by atoms with E-state index in [1.807, 2.05) is 30.3 Å². The SMILES string of the molecule is C=C(CCCO)c1cccc2c1oc1ccccc12. The Morgan fingerprint density at radius 1 is 1.05 bits per heavy atom. The number of aliphatic hydroxyl groups is 1. The largest absolute Gasteiger partial charge is 0.455 e. The summed E-state index contributed by atoms with van der Waals surface area (Å²) in [5.74, 6) is 0. The number of aliphatic hydroxyl groups excluding tert-OH is 1. The lowest BCUT2D eigenvalue weighted by Gasteiger charge is -2.05. The van der Waals surface area contributed by atoms with E-state index in [2.05, 4.69) is 18.7 Å². The van der Waals surface area contributed by atoms with Gasteiger partial charge in [0.1, 0.15) is 11.2 Å². The van der Waals surface area contributed by atoms with Crippen molar-refractivity contribution in [1.29, 1.82) is 0 Å². The van der Waals surface area contributed by atoms with Crippen molar-refractivity contribution in [3.05, 3.63) is 54.6 Å². The van der Waals surface area contributed by atoms with E-state index >= 15 is 0 Å². The van der Waals surface area contributed by atoms with E-state index in [-0.39, 0.29) is 6.61 Å². The minimum Gasteiger partial charge on any atom is -0.455 e. The minimum absolute atomic E-state index is 0.190. The molecule has 19 heavy (non-hydrogen) atoms. The van der Waals surface area contributed by atoms with Crippen LogP contribution in [-0.2, 0) is 0 Å². The highest BCUT2D eigenvalue weighted by Crippen LogP contribution is 2.34. The van der Waals surface area contributed by atoms with E-state index in [0.29, 0.717) is 0 Å². The number of allylic oxidation sites excluding steroid dienone is 1. The molecule has 0 saturated heterocycles. The van der Waals surface area contributed by atoms with Gasteiger partial charge < -0.3 is 9.52 Å². The highest BCUT2D eigenvalue weighted by Gasteiger charge is 2.11. The van der Waals surface area contributed by atoms with Gasteiger partial charge in [-0.2, -0.15) is 0 Å². The van der Waals surface area contributed by atoms with E-state index in [1.54, 1.807) is 0 Å². The van der Waals surface area contributed by atoms with Gasteiger partial charge in [0.15, 0.2) is 0 Å². The van der Waals surface area contributed by atoms with Crippen LogP contribution in [0.5, 0.6) is 0 Å². The van der Waals surface area contributed by atoms with Crippen LogP contribution in [0.4, 0.5) is 0 Å². The Kier molecular flexibility index (Phi) is 3.10. The molecule has 2 heteroatoms. The molecule has 0 atom stereocenters. The molecule has 1 heterocycles. The van der Waals surface area contributed by atoms with Gasteiger partial charge >= 0.3 is 0 Å². The van der Waals surface area contributed by atoms with Gasteiger partial charge in [-0.25, -0.2) is 0 Å². The average molecular weight is 252 g/mol. The third-order valence-electron chi connectivity index (χ3n) is 3.42. The van der Waals surface area contributed by atoms with Crippen molar-refractivity contribution >= 4 is 27.5 Å². The first-order valence-corrected chi connectivity index (χ1v) is 6.50. The predicted octanol–water partition coefficient (Wildman–Crippen LogP) is 4.37. The molecule has 2 nitrogen and oxygen atoms in total. The molecular formula is C17H16O2. The predicted molar refractivity (Wildman–Crippen MR) is 79.1 cm³/mol. The summed E-state index contributed by atoms with van der Waals surface area (Å²) in [6.45, 7) is 4.30. The average Bonchev–Trinajstić information content (AvgIpc) is 2.83. The van der Waals surface area contributed by atoms with Crippen molar-refractivity contribution in [1.82, 2.24) is 0 Å². The monoisotopic (exact) mass is 252 g/mol. The second-order valence-electron chi connectivity index (χ2n) is 4.71. The summed E-state index contributed by atoms with van der Waals surface area (Å²) in [5, 5.41) is 11.2. The van der Waals surface area contributed by atoms with E-state index in [4.69, 9.17) is 9.52 Å². The second kappa shape index (κ2) is 4.90. The topological polar surface area (TPSA) is 33.4 Å². The number of hydrogen-bond donors (Lipinski definition) is 1. The number of hydrogen-bond acceptors (Lipinski definition) is 2. The zero-order chi connectivity index (χ0) is 13.2. The smallest absolute Gasteiger partial charge is 0.142 e. The van der Waals surface area contributed by atoms with E-state index in [9.17, 15) is 0 Å². The van der Waals surface area contributed by atoms with Crippen LogP contribution in [0.1, 0.15) is 18.4 Å². The molecule has 0 fully saturated rings. The molecule has 0 amide bonds. The van der Waals surface area contributed by atoms with Crippen molar-refractivity contribution in [3.8, 4) is 0 Å². The van der Waals surface area contributed by atoms with Gasteiger partial charge in [0.25, 0.3) is 0 Å². The molecule has 0 aliphatic rings. The van der Waals surface area contributed by atoms with Crippen LogP contribution in [0.15, 0.2) is 53.5 Å². The zero-order valence-corrected chi connectivity index (χ0v) is 10.7. The molecule has 3 rings (SSSR count).